The van der Waals surface area contributed by atoms with Crippen molar-refractivity contribution < 1.29 is 9.90 Å². The molecule has 2 heteroatoms. The van der Waals surface area contributed by atoms with E-state index < -0.39 is 11.4 Å². The van der Waals surface area contributed by atoms with E-state index in [1.807, 2.05) is 20.8 Å². The highest BCUT2D eigenvalue weighted by Gasteiger charge is 2.37. The summed E-state index contributed by atoms with van der Waals surface area (Å²) in [5.41, 5.74) is -0.362. The van der Waals surface area contributed by atoms with E-state index in [1.165, 1.54) is 0 Å². The molecule has 0 aromatic carbocycles. The summed E-state index contributed by atoms with van der Waals surface area (Å²) in [7, 11) is 0. The van der Waals surface area contributed by atoms with Gasteiger partial charge < -0.3 is 5.11 Å². The predicted octanol–water partition coefficient (Wildman–Crippen LogP) is 3.56. The summed E-state index contributed by atoms with van der Waals surface area (Å²) in [5, 5.41) is 9.20. The second kappa shape index (κ2) is 4.33. The molecule has 0 aliphatic carbocycles. The van der Waals surface area contributed by atoms with Crippen molar-refractivity contribution in [3.05, 3.63) is 0 Å². The Labute approximate surface area is 87.7 Å². The Morgan fingerprint density at radius 3 is 1.79 bits per heavy atom. The number of carbonyl (C=O) groups is 1. The summed E-state index contributed by atoms with van der Waals surface area (Å²) in [5.74, 6) is -0.487. The van der Waals surface area contributed by atoms with E-state index in [0.29, 0.717) is 0 Å². The van der Waals surface area contributed by atoms with Gasteiger partial charge in [-0.15, -0.1) is 0 Å². The minimum Gasteiger partial charge on any atom is -0.481 e. The molecular formula is C12H24O2. The molecule has 0 bridgehead atoms. The van der Waals surface area contributed by atoms with Crippen LogP contribution in [-0.4, -0.2) is 11.1 Å². The smallest absolute Gasteiger partial charge is 0.309 e. The SMILES string of the molecule is CC(C)C(C)(CCC(C)(C)C)C(=O)O. The molecule has 1 unspecified atom stereocenters. The Balaban J connectivity index is 4.48. The molecular weight excluding hydrogens is 176 g/mol. The molecule has 0 aliphatic heterocycles. The van der Waals surface area contributed by atoms with Gasteiger partial charge >= 0.3 is 5.97 Å². The highest BCUT2D eigenvalue weighted by atomic mass is 16.4. The maximum absolute atomic E-state index is 11.2. The van der Waals surface area contributed by atoms with Crippen LogP contribution in [-0.2, 0) is 4.79 Å². The van der Waals surface area contributed by atoms with Crippen LogP contribution in [0, 0.1) is 16.7 Å². The van der Waals surface area contributed by atoms with Gasteiger partial charge in [0.2, 0.25) is 0 Å². The molecule has 0 rings (SSSR count). The lowest BCUT2D eigenvalue weighted by atomic mass is 9.72. The van der Waals surface area contributed by atoms with Crippen LogP contribution in [0.5, 0.6) is 0 Å². The lowest BCUT2D eigenvalue weighted by molar-refractivity contribution is -0.151. The fourth-order valence-corrected chi connectivity index (χ4v) is 1.28. The second-order valence-electron chi connectivity index (χ2n) is 5.94. The minimum absolute atomic E-state index is 0.183. The highest BCUT2D eigenvalue weighted by Crippen LogP contribution is 2.36. The van der Waals surface area contributed by atoms with Gasteiger partial charge in [-0.25, -0.2) is 0 Å². The van der Waals surface area contributed by atoms with Gasteiger partial charge in [0.05, 0.1) is 5.41 Å². The average Bonchev–Trinajstić information content (AvgIpc) is 1.97. The largest absolute Gasteiger partial charge is 0.481 e. The quantitative estimate of drug-likeness (QED) is 0.753. The summed E-state index contributed by atoms with van der Waals surface area (Å²) in [6.45, 7) is 12.3. The van der Waals surface area contributed by atoms with Gasteiger partial charge in [0.15, 0.2) is 0 Å². The van der Waals surface area contributed by atoms with Crippen LogP contribution in [0.1, 0.15) is 54.4 Å². The summed E-state index contributed by atoms with van der Waals surface area (Å²) >= 11 is 0. The lowest BCUT2D eigenvalue weighted by Gasteiger charge is -2.32. The number of carboxylic acid groups (broad SMARTS) is 1. The molecule has 1 atom stereocenters. The van der Waals surface area contributed by atoms with Crippen molar-refractivity contribution in [1.82, 2.24) is 0 Å². The first-order chi connectivity index (χ1) is 6.09. The second-order valence-corrected chi connectivity index (χ2v) is 5.94. The molecule has 0 heterocycles. The van der Waals surface area contributed by atoms with Crippen molar-refractivity contribution in [3.63, 3.8) is 0 Å². The maximum Gasteiger partial charge on any atom is 0.309 e. The van der Waals surface area contributed by atoms with Crippen LogP contribution in [0.4, 0.5) is 0 Å². The summed E-state index contributed by atoms with van der Waals surface area (Å²) in [6, 6.07) is 0. The van der Waals surface area contributed by atoms with Gasteiger partial charge in [0.25, 0.3) is 0 Å². The van der Waals surface area contributed by atoms with Gasteiger partial charge in [-0.1, -0.05) is 34.6 Å². The Hall–Kier alpha value is -0.530. The molecule has 0 saturated heterocycles. The van der Waals surface area contributed by atoms with Crippen LogP contribution in [0.25, 0.3) is 0 Å². The van der Waals surface area contributed by atoms with E-state index in [1.54, 1.807) is 0 Å². The number of carboxylic acids is 1. The summed E-state index contributed by atoms with van der Waals surface area (Å²) in [6.07, 6.45) is 1.71. The fraction of sp³-hybridized carbons (Fsp3) is 0.917. The molecule has 0 fully saturated rings. The fourth-order valence-electron chi connectivity index (χ4n) is 1.28. The normalized spacial score (nSPS) is 16.8. The molecule has 0 aromatic heterocycles. The zero-order valence-corrected chi connectivity index (χ0v) is 10.3. The van der Waals surface area contributed by atoms with Crippen LogP contribution in [0.2, 0.25) is 0 Å². The van der Waals surface area contributed by atoms with Crippen LogP contribution < -0.4 is 0 Å². The van der Waals surface area contributed by atoms with Crippen LogP contribution in [0.15, 0.2) is 0 Å². The highest BCUT2D eigenvalue weighted by molar-refractivity contribution is 5.74. The topological polar surface area (TPSA) is 37.3 Å². The Morgan fingerprint density at radius 1 is 1.14 bits per heavy atom. The predicted molar refractivity (Wildman–Crippen MR) is 59.3 cm³/mol. The van der Waals surface area contributed by atoms with E-state index in [4.69, 9.17) is 0 Å². The molecule has 0 radical (unpaired) electrons. The van der Waals surface area contributed by atoms with Gasteiger partial charge in [-0.3, -0.25) is 4.79 Å². The third kappa shape index (κ3) is 3.69. The van der Waals surface area contributed by atoms with Gasteiger partial charge in [0.1, 0.15) is 0 Å². The first-order valence-corrected chi connectivity index (χ1v) is 5.33. The first-order valence-electron chi connectivity index (χ1n) is 5.33. The first kappa shape index (κ1) is 13.5. The Kier molecular flexibility index (Phi) is 4.16. The monoisotopic (exact) mass is 200 g/mol. The number of hydrogen-bond donors (Lipinski definition) is 1. The molecule has 14 heavy (non-hydrogen) atoms. The van der Waals surface area contributed by atoms with E-state index in [2.05, 4.69) is 20.8 Å². The van der Waals surface area contributed by atoms with E-state index in [-0.39, 0.29) is 11.3 Å². The van der Waals surface area contributed by atoms with E-state index in [0.717, 1.165) is 12.8 Å². The Bertz CT molecular complexity index is 201. The van der Waals surface area contributed by atoms with Gasteiger partial charge in [-0.2, -0.15) is 0 Å². The van der Waals surface area contributed by atoms with Crippen molar-refractivity contribution in [1.29, 1.82) is 0 Å². The van der Waals surface area contributed by atoms with Crippen molar-refractivity contribution in [2.45, 2.75) is 54.4 Å². The molecule has 84 valence electrons. The molecule has 0 aromatic rings. The van der Waals surface area contributed by atoms with Gasteiger partial charge in [0, 0.05) is 0 Å². The van der Waals surface area contributed by atoms with Crippen molar-refractivity contribution in [2.75, 3.05) is 0 Å². The zero-order chi connectivity index (χ0) is 11.6. The van der Waals surface area contributed by atoms with Crippen molar-refractivity contribution in [3.8, 4) is 0 Å². The summed E-state index contributed by atoms with van der Waals surface area (Å²) < 4.78 is 0. The third-order valence-corrected chi connectivity index (χ3v) is 3.16. The van der Waals surface area contributed by atoms with Gasteiger partial charge in [-0.05, 0) is 31.1 Å². The molecule has 0 saturated carbocycles. The van der Waals surface area contributed by atoms with Crippen LogP contribution in [0.3, 0.4) is 0 Å². The standard InChI is InChI=1S/C12H24O2/c1-9(2)12(6,10(13)14)8-7-11(3,4)5/h9H,7-8H2,1-6H3,(H,13,14). The lowest BCUT2D eigenvalue weighted by Crippen LogP contribution is -2.34. The molecule has 2 nitrogen and oxygen atoms in total. The number of aliphatic carboxylic acids is 1. The van der Waals surface area contributed by atoms with Crippen LogP contribution >= 0.6 is 0 Å². The number of rotatable bonds is 4. The third-order valence-electron chi connectivity index (χ3n) is 3.16. The van der Waals surface area contributed by atoms with Crippen molar-refractivity contribution >= 4 is 5.97 Å². The average molecular weight is 200 g/mol. The van der Waals surface area contributed by atoms with E-state index in [9.17, 15) is 9.90 Å². The summed E-state index contributed by atoms with van der Waals surface area (Å²) in [4.78, 5) is 11.2. The zero-order valence-electron chi connectivity index (χ0n) is 10.3. The molecule has 0 aliphatic rings. The van der Waals surface area contributed by atoms with Crippen molar-refractivity contribution in [2.24, 2.45) is 16.7 Å². The molecule has 1 N–H and O–H groups in total. The molecule has 0 spiro atoms. The minimum atomic E-state index is -0.670. The number of hydrogen-bond acceptors (Lipinski definition) is 1. The molecule has 0 amide bonds. The Morgan fingerprint density at radius 2 is 1.57 bits per heavy atom. The maximum atomic E-state index is 11.2. The van der Waals surface area contributed by atoms with E-state index >= 15 is 0 Å².